The molecule has 1 atom stereocenters. The molecule has 0 unspecified atom stereocenters. The summed E-state index contributed by atoms with van der Waals surface area (Å²) >= 11 is 7.85. The molecule has 10 heteroatoms. The summed E-state index contributed by atoms with van der Waals surface area (Å²) in [6.45, 7) is 4.85. The zero-order valence-corrected chi connectivity index (χ0v) is 25.2. The van der Waals surface area contributed by atoms with E-state index in [2.05, 4.69) is 48.8 Å². The average molecular weight is 664 g/mol. The second-order valence-electron chi connectivity index (χ2n) is 10.2. The van der Waals surface area contributed by atoms with Gasteiger partial charge in [-0.25, -0.2) is 0 Å². The average Bonchev–Trinajstić information content (AvgIpc) is 3.42. The zero-order chi connectivity index (χ0) is 27.5. The van der Waals surface area contributed by atoms with E-state index < -0.39 is 11.6 Å². The summed E-state index contributed by atoms with van der Waals surface area (Å²) in [5.74, 6) is -0.349. The fraction of sp³-hybridized carbons (Fsp3) is 0.483. The standard InChI is InChI=1S/C29H38IN5O3S/c30-23-9-11-24(12-10-23)32-28(39)34-29(13-4-5-14-29)27(37)33-25(21-22-7-2-1-3-8-22)26(36)31-15-6-16-35-17-19-38-20-18-35/h1-3,7-12,25H,4-6,13-21H2,(H,31,36)(H,33,37)(H2,32,34,39)/t25-/m1/s1. The van der Waals surface area contributed by atoms with Gasteiger partial charge in [0.2, 0.25) is 11.8 Å². The second kappa shape index (κ2) is 14.9. The first-order valence-electron chi connectivity index (χ1n) is 13.7. The Balaban J connectivity index is 1.38. The first-order valence-corrected chi connectivity index (χ1v) is 15.2. The Labute approximate surface area is 250 Å². The monoisotopic (exact) mass is 663 g/mol. The van der Waals surface area contributed by atoms with Crippen molar-refractivity contribution in [3.05, 3.63) is 63.7 Å². The Morgan fingerprint density at radius 2 is 1.72 bits per heavy atom. The van der Waals surface area contributed by atoms with Crippen LogP contribution in [0.4, 0.5) is 5.69 Å². The van der Waals surface area contributed by atoms with Crippen molar-refractivity contribution in [1.29, 1.82) is 0 Å². The van der Waals surface area contributed by atoms with E-state index in [1.807, 2.05) is 54.6 Å². The number of benzene rings is 2. The predicted octanol–water partition coefficient (Wildman–Crippen LogP) is 3.46. The van der Waals surface area contributed by atoms with Crippen molar-refractivity contribution >= 4 is 57.4 Å². The van der Waals surface area contributed by atoms with Gasteiger partial charge in [-0.15, -0.1) is 0 Å². The van der Waals surface area contributed by atoms with Gasteiger partial charge in [0.05, 0.1) is 13.2 Å². The number of ether oxygens (including phenoxy) is 1. The van der Waals surface area contributed by atoms with Crippen LogP contribution < -0.4 is 21.3 Å². The summed E-state index contributed by atoms with van der Waals surface area (Å²) in [5.41, 5.74) is 1.01. The summed E-state index contributed by atoms with van der Waals surface area (Å²) < 4.78 is 6.54. The van der Waals surface area contributed by atoms with Gasteiger partial charge >= 0.3 is 0 Å². The molecule has 0 aromatic heterocycles. The molecule has 1 saturated heterocycles. The van der Waals surface area contributed by atoms with Gasteiger partial charge in [-0.3, -0.25) is 14.5 Å². The van der Waals surface area contributed by atoms with E-state index in [-0.39, 0.29) is 11.8 Å². The minimum atomic E-state index is -0.848. The van der Waals surface area contributed by atoms with Gasteiger partial charge in [-0.1, -0.05) is 43.2 Å². The van der Waals surface area contributed by atoms with Crippen LogP contribution >= 0.6 is 34.8 Å². The number of nitrogens with one attached hydrogen (secondary N) is 4. The summed E-state index contributed by atoms with van der Waals surface area (Å²) in [6, 6.07) is 17.0. The third-order valence-corrected chi connectivity index (χ3v) is 8.23. The van der Waals surface area contributed by atoms with E-state index in [0.717, 1.165) is 66.9 Å². The predicted molar refractivity (Wildman–Crippen MR) is 167 cm³/mol. The molecule has 1 saturated carbocycles. The highest BCUT2D eigenvalue weighted by Gasteiger charge is 2.43. The molecule has 4 rings (SSSR count). The number of halogens is 1. The fourth-order valence-corrected chi connectivity index (χ4v) is 5.79. The Bertz CT molecular complexity index is 1090. The third kappa shape index (κ3) is 9.12. The van der Waals surface area contributed by atoms with Crippen molar-refractivity contribution in [2.45, 2.75) is 50.1 Å². The minimum absolute atomic E-state index is 0.165. The molecule has 4 N–H and O–H groups in total. The molecular formula is C29H38IN5O3S. The van der Waals surface area contributed by atoms with Crippen LogP contribution in [0.15, 0.2) is 54.6 Å². The van der Waals surface area contributed by atoms with Gasteiger partial charge < -0.3 is 26.0 Å². The van der Waals surface area contributed by atoms with E-state index in [1.54, 1.807) is 0 Å². The van der Waals surface area contributed by atoms with Gasteiger partial charge in [-0.2, -0.15) is 0 Å². The Hall–Kier alpha value is -2.28. The van der Waals surface area contributed by atoms with Gasteiger partial charge in [0.25, 0.3) is 0 Å². The molecule has 0 radical (unpaired) electrons. The molecule has 2 aromatic rings. The molecule has 1 aliphatic carbocycles. The molecule has 2 fully saturated rings. The maximum absolute atomic E-state index is 13.8. The maximum atomic E-state index is 13.8. The van der Waals surface area contributed by atoms with E-state index in [9.17, 15) is 9.59 Å². The highest BCUT2D eigenvalue weighted by Crippen LogP contribution is 2.30. The minimum Gasteiger partial charge on any atom is -0.379 e. The van der Waals surface area contributed by atoms with Crippen LogP contribution in [0.3, 0.4) is 0 Å². The van der Waals surface area contributed by atoms with Crippen molar-refractivity contribution in [2.24, 2.45) is 0 Å². The molecule has 2 aromatic carbocycles. The highest BCUT2D eigenvalue weighted by atomic mass is 127. The van der Waals surface area contributed by atoms with Crippen molar-refractivity contribution in [1.82, 2.24) is 20.9 Å². The molecule has 0 spiro atoms. The van der Waals surface area contributed by atoms with E-state index >= 15 is 0 Å². The fourth-order valence-electron chi connectivity index (χ4n) is 5.12. The highest BCUT2D eigenvalue weighted by molar-refractivity contribution is 14.1. The number of hydrogen-bond acceptors (Lipinski definition) is 5. The number of nitrogens with zero attached hydrogens (tertiary/aromatic N) is 1. The molecule has 2 amide bonds. The van der Waals surface area contributed by atoms with Crippen molar-refractivity contribution in [3.63, 3.8) is 0 Å². The lowest BCUT2D eigenvalue weighted by molar-refractivity contribution is -0.132. The van der Waals surface area contributed by atoms with Gasteiger partial charge in [0.1, 0.15) is 11.6 Å². The van der Waals surface area contributed by atoms with E-state index in [1.165, 1.54) is 0 Å². The third-order valence-electron chi connectivity index (χ3n) is 7.31. The summed E-state index contributed by atoms with van der Waals surface area (Å²) in [7, 11) is 0. The van der Waals surface area contributed by atoms with Crippen LogP contribution in [0.2, 0.25) is 0 Å². The van der Waals surface area contributed by atoms with Gasteiger partial charge in [0, 0.05) is 35.3 Å². The smallest absolute Gasteiger partial charge is 0.246 e. The number of carbonyl (C=O) groups is 2. The summed E-state index contributed by atoms with van der Waals surface area (Å²) in [5, 5.41) is 13.1. The number of thiocarbonyl (C=S) groups is 1. The van der Waals surface area contributed by atoms with Crippen LogP contribution in [0, 0.1) is 3.57 Å². The van der Waals surface area contributed by atoms with Gasteiger partial charge in [-0.05, 0) is 90.4 Å². The molecule has 2 aliphatic rings. The van der Waals surface area contributed by atoms with Gasteiger partial charge in [0.15, 0.2) is 5.11 Å². The van der Waals surface area contributed by atoms with Crippen LogP contribution in [0.25, 0.3) is 0 Å². The summed E-state index contributed by atoms with van der Waals surface area (Å²) in [6.07, 6.45) is 4.43. The molecule has 1 aliphatic heterocycles. The SMILES string of the molecule is O=C(NCCCN1CCOCC1)[C@@H](Cc1ccccc1)NC(=O)C1(NC(=S)Nc2ccc(I)cc2)CCCC1. The lowest BCUT2D eigenvalue weighted by Gasteiger charge is -2.32. The Kier molecular flexibility index (Phi) is 11.4. The topological polar surface area (TPSA) is 94.7 Å². The lowest BCUT2D eigenvalue weighted by atomic mass is 9.95. The zero-order valence-electron chi connectivity index (χ0n) is 22.2. The van der Waals surface area contributed by atoms with Crippen molar-refractivity contribution in [3.8, 4) is 0 Å². The van der Waals surface area contributed by atoms with Crippen LogP contribution in [0.1, 0.15) is 37.7 Å². The number of anilines is 1. The van der Waals surface area contributed by atoms with Crippen molar-refractivity contribution < 1.29 is 14.3 Å². The number of amides is 2. The number of rotatable bonds is 11. The summed E-state index contributed by atoms with van der Waals surface area (Å²) in [4.78, 5) is 29.5. The molecule has 210 valence electrons. The molecule has 0 bridgehead atoms. The maximum Gasteiger partial charge on any atom is 0.246 e. The first kappa shape index (κ1) is 29.7. The molecule has 8 nitrogen and oxygen atoms in total. The molecule has 39 heavy (non-hydrogen) atoms. The number of carbonyl (C=O) groups excluding carboxylic acids is 2. The second-order valence-corrected chi connectivity index (χ2v) is 11.8. The van der Waals surface area contributed by atoms with Crippen LogP contribution in [-0.4, -0.2) is 72.8 Å². The molecule has 1 heterocycles. The van der Waals surface area contributed by atoms with Crippen LogP contribution in [-0.2, 0) is 20.7 Å². The Morgan fingerprint density at radius 1 is 1.03 bits per heavy atom. The first-order chi connectivity index (χ1) is 18.9. The lowest BCUT2D eigenvalue weighted by Crippen LogP contribution is -2.61. The number of morpholine rings is 1. The quantitative estimate of drug-likeness (QED) is 0.166. The van der Waals surface area contributed by atoms with Crippen molar-refractivity contribution in [2.75, 3.05) is 44.7 Å². The normalized spacial score (nSPS) is 17.7. The van der Waals surface area contributed by atoms with E-state index in [0.29, 0.717) is 30.9 Å². The van der Waals surface area contributed by atoms with Crippen LogP contribution in [0.5, 0.6) is 0 Å². The molecular weight excluding hydrogens is 625 g/mol. The largest absolute Gasteiger partial charge is 0.379 e. The Morgan fingerprint density at radius 3 is 2.41 bits per heavy atom. The van der Waals surface area contributed by atoms with E-state index in [4.69, 9.17) is 17.0 Å². The number of hydrogen-bond donors (Lipinski definition) is 4.